The third-order valence-corrected chi connectivity index (χ3v) is 3.73. The molecule has 104 valence electrons. The zero-order valence-electron chi connectivity index (χ0n) is 11.7. The van der Waals surface area contributed by atoms with Gasteiger partial charge in [-0.25, -0.2) is 0 Å². The quantitative estimate of drug-likeness (QED) is 0.897. The Morgan fingerprint density at radius 3 is 2.95 bits per heavy atom. The van der Waals surface area contributed by atoms with E-state index in [1.54, 1.807) is 7.11 Å². The number of hydrogen-bond acceptors (Lipinski definition) is 3. The fourth-order valence-corrected chi connectivity index (χ4v) is 2.47. The number of nitrogens with zero attached hydrogens (tertiary/aromatic N) is 1. The molecule has 1 aliphatic heterocycles. The highest BCUT2D eigenvalue weighted by atomic mass is 16.5. The number of carbonyl (C=O) groups excluding carboxylic acids is 1. The number of amides is 1. The summed E-state index contributed by atoms with van der Waals surface area (Å²) in [7, 11) is 1.55. The number of hydrogen-bond donors (Lipinski definition) is 1. The molecule has 1 unspecified atom stereocenters. The molecule has 1 aromatic carbocycles. The molecule has 0 saturated carbocycles. The van der Waals surface area contributed by atoms with Gasteiger partial charge < -0.3 is 15.4 Å². The van der Waals surface area contributed by atoms with Gasteiger partial charge in [0.15, 0.2) is 0 Å². The van der Waals surface area contributed by atoms with Crippen LogP contribution in [-0.2, 0) is 22.5 Å². The summed E-state index contributed by atoms with van der Waals surface area (Å²) in [5.74, 6) is 0.0540. The molecule has 0 spiro atoms. The van der Waals surface area contributed by atoms with Crippen LogP contribution in [-0.4, -0.2) is 31.1 Å². The Morgan fingerprint density at radius 1 is 1.47 bits per heavy atom. The van der Waals surface area contributed by atoms with Crippen molar-refractivity contribution >= 4 is 5.91 Å². The molecule has 0 radical (unpaired) electrons. The first kappa shape index (κ1) is 14.0. The molecule has 0 aromatic heterocycles. The standard InChI is InChI=1S/C15H22N2O2/c1-3-14(16)12-5-4-11-6-7-17(9-13(11)8-12)15(18)10-19-2/h4-5,8,14H,3,6-7,9-10,16H2,1-2H3. The fourth-order valence-electron chi connectivity index (χ4n) is 2.47. The summed E-state index contributed by atoms with van der Waals surface area (Å²) in [5, 5.41) is 0. The van der Waals surface area contributed by atoms with Crippen molar-refractivity contribution in [1.29, 1.82) is 0 Å². The monoisotopic (exact) mass is 262 g/mol. The Bertz CT molecular complexity index is 459. The van der Waals surface area contributed by atoms with E-state index >= 15 is 0 Å². The molecule has 0 aliphatic carbocycles. The van der Waals surface area contributed by atoms with E-state index in [9.17, 15) is 4.79 Å². The Balaban J connectivity index is 2.16. The first-order valence-electron chi connectivity index (χ1n) is 6.79. The highest BCUT2D eigenvalue weighted by molar-refractivity contribution is 5.77. The molecule has 0 fully saturated rings. The molecule has 1 aliphatic rings. The van der Waals surface area contributed by atoms with E-state index in [0.717, 1.165) is 24.9 Å². The average molecular weight is 262 g/mol. The number of carbonyl (C=O) groups is 1. The second-order valence-corrected chi connectivity index (χ2v) is 5.04. The molecule has 0 saturated heterocycles. The minimum atomic E-state index is 0.0540. The van der Waals surface area contributed by atoms with Crippen molar-refractivity contribution in [1.82, 2.24) is 4.90 Å². The van der Waals surface area contributed by atoms with Crippen LogP contribution in [0.25, 0.3) is 0 Å². The summed E-state index contributed by atoms with van der Waals surface area (Å²) in [5.41, 5.74) is 9.77. The number of methoxy groups -OCH3 is 1. The van der Waals surface area contributed by atoms with E-state index in [1.165, 1.54) is 11.1 Å². The highest BCUT2D eigenvalue weighted by Crippen LogP contribution is 2.23. The lowest BCUT2D eigenvalue weighted by Gasteiger charge is -2.29. The molecule has 19 heavy (non-hydrogen) atoms. The summed E-state index contributed by atoms with van der Waals surface area (Å²) >= 11 is 0. The predicted molar refractivity (Wildman–Crippen MR) is 74.7 cm³/mol. The number of fused-ring (bicyclic) bond motifs is 1. The molecule has 0 bridgehead atoms. The summed E-state index contributed by atoms with van der Waals surface area (Å²) < 4.78 is 4.91. The second kappa shape index (κ2) is 6.17. The van der Waals surface area contributed by atoms with Gasteiger partial charge in [-0.05, 0) is 29.5 Å². The van der Waals surface area contributed by atoms with E-state index in [2.05, 4.69) is 25.1 Å². The van der Waals surface area contributed by atoms with Gasteiger partial charge in [-0.2, -0.15) is 0 Å². The van der Waals surface area contributed by atoms with E-state index in [0.29, 0.717) is 6.54 Å². The van der Waals surface area contributed by atoms with Crippen molar-refractivity contribution in [2.75, 3.05) is 20.3 Å². The van der Waals surface area contributed by atoms with Crippen LogP contribution in [0.1, 0.15) is 36.1 Å². The topological polar surface area (TPSA) is 55.6 Å². The summed E-state index contributed by atoms with van der Waals surface area (Å²) in [6.45, 7) is 3.68. The van der Waals surface area contributed by atoms with Crippen LogP contribution in [0.2, 0.25) is 0 Å². The van der Waals surface area contributed by atoms with Crippen LogP contribution >= 0.6 is 0 Å². The van der Waals surface area contributed by atoms with Gasteiger partial charge in [-0.1, -0.05) is 25.1 Å². The van der Waals surface area contributed by atoms with Gasteiger partial charge in [-0.3, -0.25) is 4.79 Å². The summed E-state index contributed by atoms with van der Waals surface area (Å²) in [6, 6.07) is 6.49. The molecule has 1 amide bonds. The first-order chi connectivity index (χ1) is 9.15. The molecular weight excluding hydrogens is 240 g/mol. The zero-order valence-corrected chi connectivity index (χ0v) is 11.7. The molecule has 1 heterocycles. The van der Waals surface area contributed by atoms with Gasteiger partial charge in [0.1, 0.15) is 6.61 Å². The predicted octanol–water partition coefficient (Wildman–Crippen LogP) is 1.63. The van der Waals surface area contributed by atoms with Crippen molar-refractivity contribution in [3.05, 3.63) is 34.9 Å². The maximum atomic E-state index is 11.9. The number of ether oxygens (including phenoxy) is 1. The molecular formula is C15H22N2O2. The van der Waals surface area contributed by atoms with E-state index < -0.39 is 0 Å². The van der Waals surface area contributed by atoms with Gasteiger partial charge in [0, 0.05) is 26.2 Å². The van der Waals surface area contributed by atoms with E-state index in [4.69, 9.17) is 10.5 Å². The number of nitrogens with two attached hydrogens (primary N) is 1. The van der Waals surface area contributed by atoms with Crippen molar-refractivity contribution < 1.29 is 9.53 Å². The summed E-state index contributed by atoms with van der Waals surface area (Å²) in [6.07, 6.45) is 1.83. The maximum absolute atomic E-state index is 11.9. The second-order valence-electron chi connectivity index (χ2n) is 5.04. The minimum Gasteiger partial charge on any atom is -0.375 e. The normalized spacial score (nSPS) is 16.1. The minimum absolute atomic E-state index is 0.0540. The average Bonchev–Trinajstić information content (AvgIpc) is 2.45. The third-order valence-electron chi connectivity index (χ3n) is 3.73. The van der Waals surface area contributed by atoms with Crippen molar-refractivity contribution in [2.24, 2.45) is 5.73 Å². The molecule has 4 heteroatoms. The van der Waals surface area contributed by atoms with Crippen LogP contribution in [0.5, 0.6) is 0 Å². The van der Waals surface area contributed by atoms with Gasteiger partial charge in [0.25, 0.3) is 0 Å². The Labute approximate surface area is 114 Å². The van der Waals surface area contributed by atoms with E-state index in [1.807, 2.05) is 4.90 Å². The van der Waals surface area contributed by atoms with Crippen molar-refractivity contribution in [3.8, 4) is 0 Å². The lowest BCUT2D eigenvalue weighted by Crippen LogP contribution is -2.38. The van der Waals surface area contributed by atoms with Gasteiger partial charge in [0.2, 0.25) is 5.91 Å². The Kier molecular flexibility index (Phi) is 4.56. The van der Waals surface area contributed by atoms with Crippen LogP contribution in [0.4, 0.5) is 0 Å². The number of rotatable bonds is 4. The Morgan fingerprint density at radius 2 is 2.26 bits per heavy atom. The highest BCUT2D eigenvalue weighted by Gasteiger charge is 2.21. The smallest absolute Gasteiger partial charge is 0.248 e. The summed E-state index contributed by atoms with van der Waals surface area (Å²) in [4.78, 5) is 13.7. The van der Waals surface area contributed by atoms with Gasteiger partial charge in [-0.15, -0.1) is 0 Å². The Hall–Kier alpha value is -1.39. The SMILES string of the molecule is CCC(N)c1ccc2c(c1)CN(C(=O)COC)CC2. The lowest BCUT2D eigenvalue weighted by molar-refractivity contribution is -0.136. The van der Waals surface area contributed by atoms with Crippen LogP contribution in [0, 0.1) is 0 Å². The molecule has 2 rings (SSSR count). The van der Waals surface area contributed by atoms with Crippen molar-refractivity contribution in [2.45, 2.75) is 32.4 Å². The molecule has 4 nitrogen and oxygen atoms in total. The third kappa shape index (κ3) is 3.14. The zero-order chi connectivity index (χ0) is 13.8. The van der Waals surface area contributed by atoms with Crippen LogP contribution in [0.15, 0.2) is 18.2 Å². The van der Waals surface area contributed by atoms with E-state index in [-0.39, 0.29) is 18.6 Å². The maximum Gasteiger partial charge on any atom is 0.248 e. The molecule has 1 aromatic rings. The molecule has 2 N–H and O–H groups in total. The van der Waals surface area contributed by atoms with Crippen molar-refractivity contribution in [3.63, 3.8) is 0 Å². The van der Waals surface area contributed by atoms with Crippen LogP contribution < -0.4 is 5.73 Å². The first-order valence-corrected chi connectivity index (χ1v) is 6.79. The molecule has 1 atom stereocenters. The van der Waals surface area contributed by atoms with Gasteiger partial charge >= 0.3 is 0 Å². The number of benzene rings is 1. The van der Waals surface area contributed by atoms with Gasteiger partial charge in [0.05, 0.1) is 0 Å². The fraction of sp³-hybridized carbons (Fsp3) is 0.533. The van der Waals surface area contributed by atoms with Crippen LogP contribution in [0.3, 0.4) is 0 Å². The lowest BCUT2D eigenvalue weighted by atomic mass is 9.94. The largest absolute Gasteiger partial charge is 0.375 e.